The van der Waals surface area contributed by atoms with E-state index in [0.29, 0.717) is 29.4 Å². The number of rotatable bonds is 3. The fourth-order valence-electron chi connectivity index (χ4n) is 4.47. The zero-order valence-electron chi connectivity index (χ0n) is 19.1. The molecule has 0 aliphatic carbocycles. The fraction of sp³-hybridized carbons (Fsp3) is 0.222. The number of aromatic nitrogens is 2. The number of piperazine rings is 1. The average Bonchev–Trinajstić information content (AvgIpc) is 2.87. The molecular weight excluding hydrogens is 467 g/mol. The number of carbonyl (C=O) groups is 1. The highest BCUT2D eigenvalue weighted by Crippen LogP contribution is 2.31. The van der Waals surface area contributed by atoms with Crippen molar-refractivity contribution in [3.05, 3.63) is 87.5 Å². The van der Waals surface area contributed by atoms with Gasteiger partial charge >= 0.3 is 0 Å². The number of amides is 1. The molecule has 172 valence electrons. The van der Waals surface area contributed by atoms with Crippen molar-refractivity contribution in [2.45, 2.75) is 13.8 Å². The second kappa shape index (κ2) is 9.24. The summed E-state index contributed by atoms with van der Waals surface area (Å²) in [7, 11) is 0. The number of nitrogens with zero attached hydrogens (tertiary/aromatic N) is 4. The van der Waals surface area contributed by atoms with Crippen LogP contribution in [0.5, 0.6) is 0 Å². The minimum atomic E-state index is -0.00577. The third-order valence-electron chi connectivity index (χ3n) is 6.40. The van der Waals surface area contributed by atoms with Crippen LogP contribution in [-0.4, -0.2) is 47.0 Å². The van der Waals surface area contributed by atoms with Gasteiger partial charge in [0, 0.05) is 53.5 Å². The first-order valence-electron chi connectivity index (χ1n) is 11.2. The molecule has 1 saturated heterocycles. The molecule has 3 heterocycles. The average molecular weight is 491 g/mol. The second-order valence-electron chi connectivity index (χ2n) is 8.55. The summed E-state index contributed by atoms with van der Waals surface area (Å²) in [5.41, 5.74) is 5.89. The standard InChI is InChI=1S/C27H24Cl2N4O/c1-17-6-7-19(28)15-25(17)32-11-13-33(14-12-32)27(34)21-16-24(23-5-3-4-10-30-23)31-26-18(2)22(29)9-8-20(21)26/h3-10,15-16H,11-14H2,1-2H3. The van der Waals surface area contributed by atoms with Crippen LogP contribution in [0.1, 0.15) is 21.5 Å². The lowest BCUT2D eigenvalue weighted by Gasteiger charge is -2.37. The molecule has 0 saturated carbocycles. The summed E-state index contributed by atoms with van der Waals surface area (Å²) in [5, 5.41) is 2.15. The number of benzene rings is 2. The molecule has 0 atom stereocenters. The molecule has 5 nitrogen and oxygen atoms in total. The predicted octanol–water partition coefficient (Wildman–Crippen LogP) is 6.18. The summed E-state index contributed by atoms with van der Waals surface area (Å²) in [6.07, 6.45) is 1.73. The highest BCUT2D eigenvalue weighted by Gasteiger charge is 2.26. The van der Waals surface area contributed by atoms with Gasteiger partial charge in [0.15, 0.2) is 0 Å². The topological polar surface area (TPSA) is 49.3 Å². The monoisotopic (exact) mass is 490 g/mol. The molecule has 7 heteroatoms. The van der Waals surface area contributed by atoms with Crippen molar-refractivity contribution < 1.29 is 4.79 Å². The van der Waals surface area contributed by atoms with Crippen molar-refractivity contribution in [2.75, 3.05) is 31.1 Å². The molecule has 2 aromatic carbocycles. The van der Waals surface area contributed by atoms with Crippen LogP contribution in [0.4, 0.5) is 5.69 Å². The molecule has 4 aromatic rings. The van der Waals surface area contributed by atoms with Crippen LogP contribution >= 0.6 is 23.2 Å². The Labute approximate surface area is 209 Å². The van der Waals surface area contributed by atoms with E-state index in [1.54, 1.807) is 6.20 Å². The Hall–Kier alpha value is -3.15. The van der Waals surface area contributed by atoms with Crippen LogP contribution in [-0.2, 0) is 0 Å². The van der Waals surface area contributed by atoms with Gasteiger partial charge in [-0.2, -0.15) is 0 Å². The quantitative estimate of drug-likeness (QED) is 0.343. The molecule has 0 unspecified atom stereocenters. The summed E-state index contributed by atoms with van der Waals surface area (Å²) in [6.45, 7) is 6.75. The van der Waals surface area contributed by atoms with E-state index in [0.717, 1.165) is 46.0 Å². The van der Waals surface area contributed by atoms with E-state index in [1.165, 1.54) is 5.56 Å². The van der Waals surface area contributed by atoms with Gasteiger partial charge in [0.05, 0.1) is 22.5 Å². The van der Waals surface area contributed by atoms with Gasteiger partial charge < -0.3 is 9.80 Å². The number of carbonyl (C=O) groups excluding carboxylic acids is 1. The van der Waals surface area contributed by atoms with Gasteiger partial charge in [-0.05, 0) is 61.4 Å². The van der Waals surface area contributed by atoms with Crippen molar-refractivity contribution in [1.82, 2.24) is 14.9 Å². The Kier molecular flexibility index (Phi) is 6.15. The minimum Gasteiger partial charge on any atom is -0.368 e. The SMILES string of the molecule is Cc1ccc(Cl)cc1N1CCN(C(=O)c2cc(-c3ccccn3)nc3c(C)c(Cl)ccc23)CC1. The highest BCUT2D eigenvalue weighted by molar-refractivity contribution is 6.32. The lowest BCUT2D eigenvalue weighted by molar-refractivity contribution is 0.0748. The first-order valence-corrected chi connectivity index (χ1v) is 12.0. The summed E-state index contributed by atoms with van der Waals surface area (Å²) in [6, 6.07) is 17.2. The number of anilines is 1. The maximum absolute atomic E-state index is 13.8. The van der Waals surface area contributed by atoms with E-state index in [4.69, 9.17) is 28.2 Å². The number of hydrogen-bond donors (Lipinski definition) is 0. The van der Waals surface area contributed by atoms with Crippen molar-refractivity contribution in [3.63, 3.8) is 0 Å². The molecule has 5 rings (SSSR count). The molecule has 1 aliphatic heterocycles. The van der Waals surface area contributed by atoms with E-state index in [1.807, 2.05) is 66.4 Å². The van der Waals surface area contributed by atoms with E-state index >= 15 is 0 Å². The lowest BCUT2D eigenvalue weighted by Crippen LogP contribution is -2.49. The van der Waals surface area contributed by atoms with E-state index in [9.17, 15) is 4.79 Å². The Morgan fingerprint density at radius 3 is 2.44 bits per heavy atom. The molecule has 0 radical (unpaired) electrons. The normalized spacial score (nSPS) is 14.0. The van der Waals surface area contributed by atoms with Gasteiger partial charge in [-0.15, -0.1) is 0 Å². The molecule has 1 fully saturated rings. The molecular formula is C27H24Cl2N4O. The smallest absolute Gasteiger partial charge is 0.254 e. The first-order chi connectivity index (χ1) is 16.4. The van der Waals surface area contributed by atoms with Crippen molar-refractivity contribution in [2.24, 2.45) is 0 Å². The second-order valence-corrected chi connectivity index (χ2v) is 9.39. The van der Waals surface area contributed by atoms with Gasteiger partial charge in [0.1, 0.15) is 0 Å². The summed E-state index contributed by atoms with van der Waals surface area (Å²) in [4.78, 5) is 27.2. The summed E-state index contributed by atoms with van der Waals surface area (Å²) in [5.74, 6) is -0.00577. The van der Waals surface area contributed by atoms with Crippen molar-refractivity contribution in [1.29, 1.82) is 0 Å². The molecule has 2 aromatic heterocycles. The largest absolute Gasteiger partial charge is 0.368 e. The predicted molar refractivity (Wildman–Crippen MR) is 139 cm³/mol. The Morgan fingerprint density at radius 1 is 0.912 bits per heavy atom. The van der Waals surface area contributed by atoms with Crippen LogP contribution in [0.25, 0.3) is 22.3 Å². The third kappa shape index (κ3) is 4.22. The van der Waals surface area contributed by atoms with Crippen LogP contribution in [0.3, 0.4) is 0 Å². The number of halogens is 2. The van der Waals surface area contributed by atoms with E-state index < -0.39 is 0 Å². The third-order valence-corrected chi connectivity index (χ3v) is 7.05. The minimum absolute atomic E-state index is 0.00577. The first kappa shape index (κ1) is 22.6. The van der Waals surface area contributed by atoms with E-state index in [-0.39, 0.29) is 5.91 Å². The molecule has 0 spiro atoms. The molecule has 0 bridgehead atoms. The zero-order valence-corrected chi connectivity index (χ0v) is 20.6. The lowest BCUT2D eigenvalue weighted by atomic mass is 10.0. The summed E-state index contributed by atoms with van der Waals surface area (Å²) >= 11 is 12.6. The Morgan fingerprint density at radius 2 is 1.71 bits per heavy atom. The van der Waals surface area contributed by atoms with Crippen LogP contribution in [0.2, 0.25) is 10.0 Å². The zero-order chi connectivity index (χ0) is 23.8. The maximum atomic E-state index is 13.8. The number of hydrogen-bond acceptors (Lipinski definition) is 4. The van der Waals surface area contributed by atoms with Gasteiger partial charge in [-0.25, -0.2) is 4.98 Å². The van der Waals surface area contributed by atoms with Crippen molar-refractivity contribution in [3.8, 4) is 11.4 Å². The molecule has 0 N–H and O–H groups in total. The molecule has 1 amide bonds. The van der Waals surface area contributed by atoms with Gasteiger partial charge in [-0.3, -0.25) is 9.78 Å². The summed E-state index contributed by atoms with van der Waals surface area (Å²) < 4.78 is 0. The Bertz CT molecular complexity index is 1380. The van der Waals surface area contributed by atoms with E-state index in [2.05, 4.69) is 16.8 Å². The van der Waals surface area contributed by atoms with Crippen LogP contribution < -0.4 is 4.90 Å². The van der Waals surface area contributed by atoms with Crippen molar-refractivity contribution >= 4 is 45.7 Å². The maximum Gasteiger partial charge on any atom is 0.254 e. The molecule has 1 aliphatic rings. The highest BCUT2D eigenvalue weighted by atomic mass is 35.5. The van der Waals surface area contributed by atoms with Crippen LogP contribution in [0.15, 0.2) is 60.8 Å². The van der Waals surface area contributed by atoms with Crippen LogP contribution in [0, 0.1) is 13.8 Å². The van der Waals surface area contributed by atoms with Gasteiger partial charge in [-0.1, -0.05) is 41.4 Å². The Balaban J connectivity index is 1.48. The number of fused-ring (bicyclic) bond motifs is 1. The van der Waals surface area contributed by atoms with Gasteiger partial charge in [0.25, 0.3) is 5.91 Å². The number of pyridine rings is 2. The number of aryl methyl sites for hydroxylation is 2. The fourth-order valence-corrected chi connectivity index (χ4v) is 4.79. The van der Waals surface area contributed by atoms with Gasteiger partial charge in [0.2, 0.25) is 0 Å². The molecule has 34 heavy (non-hydrogen) atoms.